The second-order valence-corrected chi connectivity index (χ2v) is 6.30. The Morgan fingerprint density at radius 3 is 1.86 bits per heavy atom. The number of benzene rings is 1. The normalized spacial score (nSPS) is 17.2. The Morgan fingerprint density at radius 1 is 0.929 bits per heavy atom. The van der Waals surface area contributed by atoms with Crippen LogP contribution in [0.2, 0.25) is 0 Å². The summed E-state index contributed by atoms with van der Waals surface area (Å²) in [5.74, 6) is 1.29. The molecule has 0 unspecified atom stereocenters. The van der Waals surface area contributed by atoms with Crippen LogP contribution in [0.5, 0.6) is 0 Å². The monoisotopic (exact) mass is 421 g/mol. The third-order valence-electron chi connectivity index (χ3n) is 3.89. The van der Waals surface area contributed by atoms with Gasteiger partial charge in [-0.15, -0.1) is 0 Å². The van der Waals surface area contributed by atoms with Crippen LogP contribution in [0.3, 0.4) is 0 Å². The Bertz CT molecular complexity index is 590. The van der Waals surface area contributed by atoms with Gasteiger partial charge in [0, 0.05) is 29.8 Å². The maximum Gasteiger partial charge on any atom is 2.00 e. The van der Waals surface area contributed by atoms with Gasteiger partial charge in [-0.2, -0.15) is 0 Å². The van der Waals surface area contributed by atoms with Crippen LogP contribution in [0.1, 0.15) is 13.8 Å². The number of carbonyl (C=O) groups is 1. The zero-order valence-corrected chi connectivity index (χ0v) is 16.8. The van der Waals surface area contributed by atoms with Gasteiger partial charge in [-0.1, -0.05) is 13.8 Å². The first kappa shape index (κ1) is 24.4. The van der Waals surface area contributed by atoms with Crippen molar-refractivity contribution in [3.8, 4) is 0 Å². The molecule has 2 aliphatic rings. The zero-order valence-electron chi connectivity index (χ0n) is 15.7. The summed E-state index contributed by atoms with van der Waals surface area (Å²) in [7, 11) is 0. The van der Waals surface area contributed by atoms with E-state index in [-0.39, 0.29) is 40.7 Å². The third-order valence-corrected chi connectivity index (χ3v) is 3.89. The molecule has 7 heteroatoms. The Balaban J connectivity index is 0.000000567. The first-order valence-corrected chi connectivity index (χ1v) is 8.67. The van der Waals surface area contributed by atoms with Crippen LogP contribution in [0.25, 0.3) is 0 Å². The molecule has 1 atom stereocenters. The number of carbonyl (C=O) groups excluding carboxylic acids is 1. The maximum atomic E-state index is 12.1. The fraction of sp³-hybridized carbons (Fsp3) is 0.190. The molecule has 2 amide bonds. The molecule has 2 N–H and O–H groups in total. The van der Waals surface area contributed by atoms with Gasteiger partial charge in [0.25, 0.3) is 5.69 Å². The molecule has 28 heavy (non-hydrogen) atoms. The molecule has 2 saturated carbocycles. The minimum atomic E-state index is -0.478. The van der Waals surface area contributed by atoms with E-state index in [9.17, 15) is 14.9 Å². The van der Waals surface area contributed by atoms with Gasteiger partial charge in [0.1, 0.15) is 0 Å². The van der Waals surface area contributed by atoms with Gasteiger partial charge in [0.05, 0.1) is 4.92 Å². The first-order chi connectivity index (χ1) is 13.0. The van der Waals surface area contributed by atoms with Crippen molar-refractivity contribution < 1.29 is 26.8 Å². The van der Waals surface area contributed by atoms with E-state index >= 15 is 0 Å². The van der Waals surface area contributed by atoms with E-state index < -0.39 is 4.92 Å². The predicted octanol–water partition coefficient (Wildman–Crippen LogP) is 4.17. The van der Waals surface area contributed by atoms with E-state index in [0.717, 1.165) is 5.92 Å². The summed E-state index contributed by atoms with van der Waals surface area (Å²) in [6.45, 7) is 4.06. The van der Waals surface area contributed by atoms with Crippen molar-refractivity contribution in [3.05, 3.63) is 98.1 Å². The van der Waals surface area contributed by atoms with Crippen molar-refractivity contribution in [1.29, 1.82) is 0 Å². The number of nitro groups is 1. The van der Waals surface area contributed by atoms with E-state index in [4.69, 9.17) is 0 Å². The van der Waals surface area contributed by atoms with Gasteiger partial charge in [-0.25, -0.2) is 4.79 Å². The molecule has 10 radical (unpaired) electrons. The van der Waals surface area contributed by atoms with Gasteiger partial charge in [0.2, 0.25) is 0 Å². The molecule has 2 aliphatic carbocycles. The predicted molar refractivity (Wildman–Crippen MR) is 106 cm³/mol. The fourth-order valence-corrected chi connectivity index (χ4v) is 2.53. The van der Waals surface area contributed by atoms with Gasteiger partial charge in [-0.3, -0.25) is 10.1 Å². The molecule has 0 saturated heterocycles. The summed E-state index contributed by atoms with van der Waals surface area (Å²) in [4.78, 5) is 22.2. The Kier molecular flexibility index (Phi) is 11.2. The Hall–Kier alpha value is -1.59. The van der Waals surface area contributed by atoms with Crippen molar-refractivity contribution >= 4 is 17.4 Å². The van der Waals surface area contributed by atoms with E-state index in [1.165, 1.54) is 24.3 Å². The summed E-state index contributed by atoms with van der Waals surface area (Å²) < 4.78 is 0. The number of nitro benzene ring substituents is 1. The van der Waals surface area contributed by atoms with Crippen LogP contribution < -0.4 is 10.6 Å². The number of nitrogens with zero attached hydrogens (tertiary/aromatic N) is 1. The maximum absolute atomic E-state index is 12.1. The van der Waals surface area contributed by atoms with Gasteiger partial charge >= 0.3 is 23.1 Å². The summed E-state index contributed by atoms with van der Waals surface area (Å²) in [5, 5.41) is 16.2. The van der Waals surface area contributed by atoms with Gasteiger partial charge in [-0.05, 0) is 75.8 Å². The molecule has 2 fully saturated rings. The molecule has 0 bridgehead atoms. The summed E-state index contributed by atoms with van der Waals surface area (Å²) in [6, 6.07) is 5.29. The Morgan fingerprint density at radius 2 is 1.43 bits per heavy atom. The van der Waals surface area contributed by atoms with E-state index in [1.807, 2.05) is 71.6 Å². The minimum absolute atomic E-state index is 0. The van der Waals surface area contributed by atoms with Crippen LogP contribution >= 0.6 is 0 Å². The summed E-state index contributed by atoms with van der Waals surface area (Å²) in [5.41, 5.74) is 0.496. The van der Waals surface area contributed by atoms with Crippen LogP contribution in [-0.4, -0.2) is 17.0 Å². The van der Waals surface area contributed by atoms with E-state index in [1.54, 1.807) is 0 Å². The number of non-ortho nitro benzene ring substituents is 1. The van der Waals surface area contributed by atoms with Crippen LogP contribution in [-0.2, 0) is 17.1 Å². The van der Waals surface area contributed by atoms with Crippen molar-refractivity contribution in [1.82, 2.24) is 5.32 Å². The molecule has 1 aromatic carbocycles. The van der Waals surface area contributed by atoms with Crippen molar-refractivity contribution in [2.45, 2.75) is 19.9 Å². The quantitative estimate of drug-likeness (QED) is 0.425. The van der Waals surface area contributed by atoms with E-state index in [2.05, 4.69) is 10.6 Å². The molecule has 146 valence electrons. The number of anilines is 1. The topological polar surface area (TPSA) is 84.3 Å². The molecule has 0 aliphatic heterocycles. The number of hydrogen-bond acceptors (Lipinski definition) is 3. The van der Waals surface area contributed by atoms with Crippen molar-refractivity contribution in [2.24, 2.45) is 5.92 Å². The first-order valence-electron chi connectivity index (χ1n) is 8.67. The third kappa shape index (κ3) is 8.19. The molecular weight excluding hydrogens is 398 g/mol. The number of rotatable bonds is 5. The van der Waals surface area contributed by atoms with Crippen LogP contribution in [0, 0.1) is 79.7 Å². The Labute approximate surface area is 178 Å². The zero-order chi connectivity index (χ0) is 19.6. The number of hydrogen-bond donors (Lipinski definition) is 2. The largest absolute Gasteiger partial charge is 2.00 e. The standard InChI is InChI=1S/C16H18N3O3.C5H5.Fe/c1-11(2)15(12-5-3-4-6-12)18-16(20)17-13-7-9-14(10-8-13)19(21)22;1-2-4-5-3-1;/h3-11,15H,1-2H3,(H2,17,18,20);1-5H;/q;;+2/t15-;;/m0../s1. The van der Waals surface area contributed by atoms with Gasteiger partial charge in [0.15, 0.2) is 0 Å². The SMILES string of the molecule is CC(C)[C@H](NC(=O)Nc1ccc([N+](=O)[O-])cc1)[C]1[CH][CH][CH][CH]1.[CH]1[CH][CH][CH][CH]1.[Fe+2]. The minimum Gasteiger partial charge on any atom is -0.334 e. The van der Waals surface area contributed by atoms with Crippen molar-refractivity contribution in [2.75, 3.05) is 5.32 Å². The summed E-state index contributed by atoms with van der Waals surface area (Å²) >= 11 is 0. The number of amides is 2. The molecule has 3 rings (SSSR count). The fourth-order valence-electron chi connectivity index (χ4n) is 2.53. The van der Waals surface area contributed by atoms with Crippen LogP contribution in [0.15, 0.2) is 24.3 Å². The van der Waals surface area contributed by atoms with E-state index in [0.29, 0.717) is 5.69 Å². The number of nitrogens with one attached hydrogen (secondary N) is 2. The molecule has 6 nitrogen and oxygen atoms in total. The second kappa shape index (κ2) is 12.8. The average molecular weight is 421 g/mol. The summed E-state index contributed by atoms with van der Waals surface area (Å²) in [6.07, 6.45) is 17.8. The molecular formula is C21H23FeN3O3+2. The molecule has 0 spiro atoms. The van der Waals surface area contributed by atoms with Crippen molar-refractivity contribution in [3.63, 3.8) is 0 Å². The number of urea groups is 1. The smallest absolute Gasteiger partial charge is 0.334 e. The average Bonchev–Trinajstić information content (AvgIpc) is 3.36. The second-order valence-electron chi connectivity index (χ2n) is 6.30. The molecule has 0 aromatic heterocycles. The molecule has 0 heterocycles. The van der Waals surface area contributed by atoms with Gasteiger partial charge < -0.3 is 10.6 Å². The molecule has 1 aromatic rings. The van der Waals surface area contributed by atoms with Crippen LogP contribution in [0.4, 0.5) is 16.2 Å².